The van der Waals surface area contributed by atoms with Crippen molar-refractivity contribution in [2.75, 3.05) is 32.9 Å². The highest BCUT2D eigenvalue weighted by Gasteiger charge is 2.25. The fraction of sp³-hybridized carbons (Fsp3) is 0.375. The van der Waals surface area contributed by atoms with Crippen LogP contribution in [-0.2, 0) is 4.74 Å². The fourth-order valence-corrected chi connectivity index (χ4v) is 2.54. The number of amides is 1. The van der Waals surface area contributed by atoms with Gasteiger partial charge in [0.2, 0.25) is 0 Å². The number of carbonyl (C=O) groups is 1. The summed E-state index contributed by atoms with van der Waals surface area (Å²) in [5.41, 5.74) is 0.151. The third-order valence-corrected chi connectivity index (χ3v) is 3.73. The number of nitrogens with zero attached hydrogens (tertiary/aromatic N) is 1. The summed E-state index contributed by atoms with van der Waals surface area (Å²) in [6, 6.07) is 8.05. The number of hydrogen-bond acceptors (Lipinski definition) is 5. The fourth-order valence-electron chi connectivity index (χ4n) is 2.54. The number of hydrogen-bond donors (Lipinski definition) is 1. The van der Waals surface area contributed by atoms with E-state index in [1.165, 1.54) is 6.07 Å². The van der Waals surface area contributed by atoms with Crippen LogP contribution in [0.1, 0.15) is 10.6 Å². The summed E-state index contributed by atoms with van der Waals surface area (Å²) in [6.07, 6.45) is 0. The molecule has 1 saturated heterocycles. The molecule has 0 spiro atoms. The summed E-state index contributed by atoms with van der Waals surface area (Å²) in [6.45, 7) is 1.56. The molecule has 6 nitrogen and oxygen atoms in total. The maximum atomic E-state index is 12.6. The van der Waals surface area contributed by atoms with Gasteiger partial charge in [0, 0.05) is 31.7 Å². The molecule has 22 heavy (non-hydrogen) atoms. The molecule has 0 radical (unpaired) electrons. The van der Waals surface area contributed by atoms with E-state index in [9.17, 15) is 14.7 Å². The number of fused-ring (bicyclic) bond motifs is 1. The quantitative estimate of drug-likeness (QED) is 0.890. The van der Waals surface area contributed by atoms with E-state index in [0.717, 1.165) is 0 Å². The number of rotatable bonds is 2. The van der Waals surface area contributed by atoms with E-state index in [2.05, 4.69) is 0 Å². The Morgan fingerprint density at radius 3 is 3.00 bits per heavy atom. The third kappa shape index (κ3) is 2.88. The topological polar surface area (TPSA) is 80.0 Å². The lowest BCUT2D eigenvalue weighted by atomic mass is 10.1. The molecule has 1 aliphatic rings. The SMILES string of the molecule is O=C(c1cc(=O)c2ccccc2o1)N1CCOC[C@@H](CO)C1. The largest absolute Gasteiger partial charge is 0.451 e. The number of para-hydroxylation sites is 1. The van der Waals surface area contributed by atoms with Crippen LogP contribution in [0.4, 0.5) is 0 Å². The smallest absolute Gasteiger partial charge is 0.289 e. The second kappa shape index (κ2) is 6.29. The van der Waals surface area contributed by atoms with Gasteiger partial charge in [0.15, 0.2) is 11.2 Å². The highest BCUT2D eigenvalue weighted by Crippen LogP contribution is 2.15. The van der Waals surface area contributed by atoms with Crippen molar-refractivity contribution in [3.8, 4) is 0 Å². The Morgan fingerprint density at radius 1 is 1.36 bits per heavy atom. The zero-order valence-electron chi connectivity index (χ0n) is 12.0. The van der Waals surface area contributed by atoms with Crippen LogP contribution in [0.2, 0.25) is 0 Å². The molecule has 0 saturated carbocycles. The van der Waals surface area contributed by atoms with Crippen molar-refractivity contribution in [1.29, 1.82) is 0 Å². The Balaban J connectivity index is 1.92. The maximum absolute atomic E-state index is 12.6. The van der Waals surface area contributed by atoms with Gasteiger partial charge in [-0.3, -0.25) is 9.59 Å². The molecule has 2 aromatic rings. The highest BCUT2D eigenvalue weighted by atomic mass is 16.5. The molecule has 0 bridgehead atoms. The summed E-state index contributed by atoms with van der Waals surface area (Å²) in [5, 5.41) is 9.73. The molecule has 1 fully saturated rings. The van der Waals surface area contributed by atoms with Gasteiger partial charge in [-0.1, -0.05) is 12.1 Å². The number of aliphatic hydroxyl groups is 1. The monoisotopic (exact) mass is 303 g/mol. The van der Waals surface area contributed by atoms with Crippen molar-refractivity contribution in [2.45, 2.75) is 0 Å². The van der Waals surface area contributed by atoms with Crippen LogP contribution in [-0.4, -0.2) is 48.8 Å². The van der Waals surface area contributed by atoms with E-state index in [0.29, 0.717) is 37.3 Å². The van der Waals surface area contributed by atoms with Crippen LogP contribution in [0.3, 0.4) is 0 Å². The van der Waals surface area contributed by atoms with Crippen LogP contribution in [0, 0.1) is 5.92 Å². The van der Waals surface area contributed by atoms with Gasteiger partial charge >= 0.3 is 0 Å². The van der Waals surface area contributed by atoms with Crippen LogP contribution in [0.15, 0.2) is 39.5 Å². The molecule has 0 unspecified atom stereocenters. The van der Waals surface area contributed by atoms with Crippen LogP contribution >= 0.6 is 0 Å². The zero-order valence-corrected chi connectivity index (χ0v) is 12.0. The first kappa shape index (κ1) is 14.7. The summed E-state index contributed by atoms with van der Waals surface area (Å²) in [4.78, 5) is 26.2. The van der Waals surface area contributed by atoms with E-state index in [4.69, 9.17) is 9.15 Å². The van der Waals surface area contributed by atoms with Crippen LogP contribution in [0.5, 0.6) is 0 Å². The standard InChI is InChI=1S/C16H17NO5/c18-9-11-8-17(5-6-21-10-11)16(20)15-7-13(19)12-3-1-2-4-14(12)22-15/h1-4,7,11,18H,5-6,8-10H2/t11-/m1/s1. The summed E-state index contributed by atoms with van der Waals surface area (Å²) < 4.78 is 10.9. The molecule has 2 heterocycles. The molecule has 1 atom stereocenters. The van der Waals surface area contributed by atoms with Crippen LogP contribution < -0.4 is 5.43 Å². The van der Waals surface area contributed by atoms with Gasteiger partial charge in [-0.2, -0.15) is 0 Å². The molecule has 1 N–H and O–H groups in total. The molecular weight excluding hydrogens is 286 g/mol. The molecule has 3 rings (SSSR count). The lowest BCUT2D eigenvalue weighted by molar-refractivity contribution is 0.0697. The number of benzene rings is 1. The van der Waals surface area contributed by atoms with E-state index >= 15 is 0 Å². The summed E-state index contributed by atoms with van der Waals surface area (Å²) in [7, 11) is 0. The third-order valence-electron chi connectivity index (χ3n) is 3.73. The van der Waals surface area contributed by atoms with Crippen molar-refractivity contribution in [3.63, 3.8) is 0 Å². The molecule has 0 aliphatic carbocycles. The lowest BCUT2D eigenvalue weighted by Crippen LogP contribution is -2.37. The maximum Gasteiger partial charge on any atom is 0.289 e. The Kier molecular flexibility index (Phi) is 4.22. The van der Waals surface area contributed by atoms with E-state index in [1.54, 1.807) is 29.2 Å². The lowest BCUT2D eigenvalue weighted by Gasteiger charge is -2.22. The van der Waals surface area contributed by atoms with Crippen molar-refractivity contribution < 1.29 is 19.1 Å². The van der Waals surface area contributed by atoms with Gasteiger partial charge in [-0.15, -0.1) is 0 Å². The predicted molar refractivity (Wildman–Crippen MR) is 79.8 cm³/mol. The number of ether oxygens (including phenoxy) is 1. The Bertz CT molecular complexity index is 739. The van der Waals surface area contributed by atoms with E-state index in [-0.39, 0.29) is 29.6 Å². The molecule has 6 heteroatoms. The average Bonchev–Trinajstić information content (AvgIpc) is 2.79. The van der Waals surface area contributed by atoms with Gasteiger partial charge in [-0.05, 0) is 12.1 Å². The Morgan fingerprint density at radius 2 is 2.18 bits per heavy atom. The van der Waals surface area contributed by atoms with E-state index in [1.807, 2.05) is 0 Å². The number of carbonyl (C=O) groups excluding carboxylic acids is 1. The first-order valence-corrected chi connectivity index (χ1v) is 7.20. The zero-order chi connectivity index (χ0) is 15.5. The van der Waals surface area contributed by atoms with Crippen molar-refractivity contribution in [1.82, 2.24) is 4.90 Å². The Labute approximate surface area is 126 Å². The minimum atomic E-state index is -0.355. The molecular formula is C16H17NO5. The van der Waals surface area contributed by atoms with Gasteiger partial charge < -0.3 is 19.2 Å². The average molecular weight is 303 g/mol. The molecule has 1 amide bonds. The summed E-state index contributed by atoms with van der Waals surface area (Å²) in [5.74, 6) is -0.465. The van der Waals surface area contributed by atoms with Gasteiger partial charge in [0.25, 0.3) is 5.91 Å². The minimum absolute atomic E-state index is 0.0160. The highest BCUT2D eigenvalue weighted by molar-refractivity contribution is 5.93. The van der Waals surface area contributed by atoms with E-state index < -0.39 is 0 Å². The van der Waals surface area contributed by atoms with Crippen molar-refractivity contribution in [3.05, 3.63) is 46.3 Å². The molecule has 1 aliphatic heterocycles. The second-order valence-corrected chi connectivity index (χ2v) is 5.35. The molecule has 116 valence electrons. The first-order chi connectivity index (χ1) is 10.7. The summed E-state index contributed by atoms with van der Waals surface area (Å²) >= 11 is 0. The van der Waals surface area contributed by atoms with Gasteiger partial charge in [0.1, 0.15) is 5.58 Å². The normalized spacial score (nSPS) is 19.1. The van der Waals surface area contributed by atoms with Gasteiger partial charge in [-0.25, -0.2) is 0 Å². The van der Waals surface area contributed by atoms with Gasteiger partial charge in [0.05, 0.1) is 18.6 Å². The first-order valence-electron chi connectivity index (χ1n) is 7.20. The Hall–Kier alpha value is -2.18. The predicted octanol–water partition coefficient (Wildman–Crippen LogP) is 0.874. The van der Waals surface area contributed by atoms with Crippen molar-refractivity contribution in [2.24, 2.45) is 5.92 Å². The molecule has 1 aromatic carbocycles. The second-order valence-electron chi connectivity index (χ2n) is 5.35. The van der Waals surface area contributed by atoms with Crippen molar-refractivity contribution >= 4 is 16.9 Å². The van der Waals surface area contributed by atoms with Crippen LogP contribution in [0.25, 0.3) is 11.0 Å². The molecule has 1 aromatic heterocycles. The number of aliphatic hydroxyl groups excluding tert-OH is 1. The minimum Gasteiger partial charge on any atom is -0.451 e.